The van der Waals surface area contributed by atoms with Gasteiger partial charge < -0.3 is 10.2 Å². The van der Waals surface area contributed by atoms with Crippen LogP contribution >= 0.6 is 0 Å². The number of rotatable bonds is 4. The van der Waals surface area contributed by atoms with Crippen LogP contribution in [0.4, 0.5) is 5.95 Å². The molecule has 8 nitrogen and oxygen atoms in total. The molecule has 1 fully saturated rings. The zero-order valence-electron chi connectivity index (χ0n) is 16.6. The molecule has 2 aromatic heterocycles. The van der Waals surface area contributed by atoms with Crippen molar-refractivity contribution in [2.45, 2.75) is 25.8 Å². The number of H-pyrrole nitrogens is 1. The van der Waals surface area contributed by atoms with E-state index in [1.54, 1.807) is 11.7 Å². The third kappa shape index (κ3) is 4.21. The van der Waals surface area contributed by atoms with Crippen LogP contribution in [0.3, 0.4) is 0 Å². The number of nitrogens with one attached hydrogen (secondary N) is 2. The number of aryl methyl sites for hydroxylation is 2. The number of benzene rings is 1. The molecule has 0 unspecified atom stereocenters. The number of aromatic amines is 1. The van der Waals surface area contributed by atoms with Gasteiger partial charge in [-0.25, -0.2) is 4.98 Å². The van der Waals surface area contributed by atoms with E-state index < -0.39 is 0 Å². The van der Waals surface area contributed by atoms with E-state index in [-0.39, 0.29) is 17.5 Å². The second kappa shape index (κ2) is 7.90. The van der Waals surface area contributed by atoms with Crippen molar-refractivity contribution in [1.82, 2.24) is 25.1 Å². The van der Waals surface area contributed by atoms with Gasteiger partial charge >= 0.3 is 0 Å². The number of amides is 1. The number of anilines is 1. The van der Waals surface area contributed by atoms with Crippen LogP contribution in [0.15, 0.2) is 47.3 Å². The second-order valence-corrected chi connectivity index (χ2v) is 7.35. The molecule has 0 atom stereocenters. The topological polar surface area (TPSA) is 95.9 Å². The average Bonchev–Trinajstić information content (AvgIpc) is 3.10. The van der Waals surface area contributed by atoms with Crippen molar-refractivity contribution >= 4 is 11.9 Å². The zero-order valence-corrected chi connectivity index (χ0v) is 16.6. The van der Waals surface area contributed by atoms with E-state index in [4.69, 9.17) is 0 Å². The van der Waals surface area contributed by atoms with Crippen LogP contribution in [0.2, 0.25) is 0 Å². The van der Waals surface area contributed by atoms with Crippen LogP contribution < -0.4 is 15.8 Å². The SMILES string of the molecule is Cc1cc(=O)[nH]c(N2CCC(NC(=O)c3cc(-c4ccccc4)nn3C)CC2)n1. The Morgan fingerprint density at radius 2 is 1.90 bits per heavy atom. The summed E-state index contributed by atoms with van der Waals surface area (Å²) >= 11 is 0. The van der Waals surface area contributed by atoms with Gasteiger partial charge in [0.1, 0.15) is 5.69 Å². The summed E-state index contributed by atoms with van der Waals surface area (Å²) in [5.41, 5.74) is 2.85. The molecule has 3 heterocycles. The molecule has 4 rings (SSSR count). The normalized spacial score (nSPS) is 14.8. The Labute approximate surface area is 168 Å². The molecule has 0 saturated carbocycles. The summed E-state index contributed by atoms with van der Waals surface area (Å²) in [4.78, 5) is 33.7. The lowest BCUT2D eigenvalue weighted by atomic mass is 10.1. The highest BCUT2D eigenvalue weighted by atomic mass is 16.2. The molecule has 0 radical (unpaired) electrons. The summed E-state index contributed by atoms with van der Waals surface area (Å²) in [6.07, 6.45) is 1.57. The van der Waals surface area contributed by atoms with Crippen LogP contribution in [-0.4, -0.2) is 44.8 Å². The van der Waals surface area contributed by atoms with Gasteiger partial charge in [-0.1, -0.05) is 30.3 Å². The average molecular weight is 392 g/mol. The maximum Gasteiger partial charge on any atom is 0.269 e. The number of carbonyl (C=O) groups is 1. The van der Waals surface area contributed by atoms with Gasteiger partial charge in [0, 0.05) is 43.5 Å². The van der Waals surface area contributed by atoms with Gasteiger partial charge in [-0.15, -0.1) is 0 Å². The van der Waals surface area contributed by atoms with E-state index in [2.05, 4.69) is 25.3 Å². The molecular formula is C21H24N6O2. The zero-order chi connectivity index (χ0) is 20.4. The first kappa shape index (κ1) is 18.9. The molecule has 1 amide bonds. The quantitative estimate of drug-likeness (QED) is 0.707. The maximum atomic E-state index is 12.8. The lowest BCUT2D eigenvalue weighted by molar-refractivity contribution is 0.0921. The molecule has 0 spiro atoms. The third-order valence-corrected chi connectivity index (χ3v) is 5.17. The molecule has 2 N–H and O–H groups in total. The van der Waals surface area contributed by atoms with E-state index in [9.17, 15) is 9.59 Å². The minimum atomic E-state index is -0.145. The Bertz CT molecular complexity index is 1060. The Kier molecular flexibility index (Phi) is 5.16. The van der Waals surface area contributed by atoms with Crippen molar-refractivity contribution in [3.63, 3.8) is 0 Å². The molecule has 3 aromatic rings. The molecule has 8 heteroatoms. The fraction of sp³-hybridized carbons (Fsp3) is 0.333. The third-order valence-electron chi connectivity index (χ3n) is 5.17. The summed E-state index contributed by atoms with van der Waals surface area (Å²) in [7, 11) is 1.78. The van der Waals surface area contributed by atoms with E-state index in [1.807, 2.05) is 43.3 Å². The Morgan fingerprint density at radius 1 is 1.17 bits per heavy atom. The first-order valence-corrected chi connectivity index (χ1v) is 9.73. The highest BCUT2D eigenvalue weighted by Crippen LogP contribution is 2.19. The smallest absolute Gasteiger partial charge is 0.269 e. The Balaban J connectivity index is 1.39. The number of piperidine rings is 1. The van der Waals surface area contributed by atoms with E-state index in [0.29, 0.717) is 17.3 Å². The number of aromatic nitrogens is 4. The van der Waals surface area contributed by atoms with Gasteiger partial charge in [0.05, 0.1) is 5.69 Å². The highest BCUT2D eigenvalue weighted by Gasteiger charge is 2.24. The Morgan fingerprint density at radius 3 is 2.59 bits per heavy atom. The first-order chi connectivity index (χ1) is 14.0. The second-order valence-electron chi connectivity index (χ2n) is 7.35. The van der Waals surface area contributed by atoms with Crippen molar-refractivity contribution < 1.29 is 4.79 Å². The first-order valence-electron chi connectivity index (χ1n) is 9.73. The predicted molar refractivity (Wildman–Crippen MR) is 111 cm³/mol. The van der Waals surface area contributed by atoms with Crippen molar-refractivity contribution in [3.05, 3.63) is 64.2 Å². The van der Waals surface area contributed by atoms with Crippen molar-refractivity contribution in [3.8, 4) is 11.3 Å². The van der Waals surface area contributed by atoms with Crippen LogP contribution in [0.5, 0.6) is 0 Å². The van der Waals surface area contributed by atoms with Crippen LogP contribution in [0.1, 0.15) is 29.0 Å². The molecule has 150 valence electrons. The summed E-state index contributed by atoms with van der Waals surface area (Å²) in [6.45, 7) is 3.25. The van der Waals surface area contributed by atoms with Crippen LogP contribution in [0.25, 0.3) is 11.3 Å². The van der Waals surface area contributed by atoms with E-state index in [1.165, 1.54) is 6.07 Å². The van der Waals surface area contributed by atoms with Gasteiger partial charge in [-0.2, -0.15) is 5.10 Å². The number of nitrogens with zero attached hydrogens (tertiary/aromatic N) is 4. The standard InChI is InChI=1S/C21H24N6O2/c1-14-12-19(28)24-21(22-14)27-10-8-16(9-11-27)23-20(29)18-13-17(25-26(18)2)15-6-4-3-5-7-15/h3-7,12-13,16H,8-11H2,1-2H3,(H,23,29)(H,22,24,28). The highest BCUT2D eigenvalue weighted by molar-refractivity contribution is 5.93. The summed E-state index contributed by atoms with van der Waals surface area (Å²) in [6, 6.07) is 13.2. The molecule has 0 aliphatic carbocycles. The van der Waals surface area contributed by atoms with Crippen molar-refractivity contribution in [2.75, 3.05) is 18.0 Å². The van der Waals surface area contributed by atoms with Gasteiger partial charge in [-0.05, 0) is 25.8 Å². The van der Waals surface area contributed by atoms with Crippen LogP contribution in [0, 0.1) is 6.92 Å². The molecule has 1 aliphatic heterocycles. The monoisotopic (exact) mass is 392 g/mol. The van der Waals surface area contributed by atoms with E-state index in [0.717, 1.165) is 37.2 Å². The fourth-order valence-corrected chi connectivity index (χ4v) is 3.64. The fourth-order valence-electron chi connectivity index (χ4n) is 3.64. The largest absolute Gasteiger partial charge is 0.348 e. The molecular weight excluding hydrogens is 368 g/mol. The summed E-state index contributed by atoms with van der Waals surface area (Å²) < 4.78 is 1.62. The molecule has 1 aromatic carbocycles. The molecule has 1 aliphatic rings. The maximum absolute atomic E-state index is 12.8. The van der Waals surface area contributed by atoms with Crippen molar-refractivity contribution in [1.29, 1.82) is 0 Å². The minimum Gasteiger partial charge on any atom is -0.348 e. The van der Waals surface area contributed by atoms with Crippen LogP contribution in [-0.2, 0) is 7.05 Å². The molecule has 29 heavy (non-hydrogen) atoms. The van der Waals surface area contributed by atoms with Gasteiger partial charge in [-0.3, -0.25) is 19.3 Å². The number of carbonyl (C=O) groups excluding carboxylic acids is 1. The molecule has 1 saturated heterocycles. The van der Waals surface area contributed by atoms with Gasteiger partial charge in [0.25, 0.3) is 11.5 Å². The minimum absolute atomic E-state index is 0.0744. The van der Waals surface area contributed by atoms with Gasteiger partial charge in [0.15, 0.2) is 0 Å². The van der Waals surface area contributed by atoms with Gasteiger partial charge in [0.2, 0.25) is 5.95 Å². The summed E-state index contributed by atoms with van der Waals surface area (Å²) in [5, 5.41) is 7.59. The number of hydrogen-bond donors (Lipinski definition) is 2. The summed E-state index contributed by atoms with van der Waals surface area (Å²) in [5.74, 6) is 0.474. The predicted octanol–water partition coefficient (Wildman–Crippen LogP) is 1.88. The van der Waals surface area contributed by atoms with Crippen molar-refractivity contribution in [2.24, 2.45) is 7.05 Å². The lowest BCUT2D eigenvalue weighted by Crippen LogP contribution is -2.45. The Hall–Kier alpha value is -3.42. The molecule has 0 bridgehead atoms. The number of hydrogen-bond acceptors (Lipinski definition) is 5. The van der Waals surface area contributed by atoms with E-state index >= 15 is 0 Å². The lowest BCUT2D eigenvalue weighted by Gasteiger charge is -2.32.